The van der Waals surface area contributed by atoms with Crippen LogP contribution < -0.4 is 10.2 Å². The Morgan fingerprint density at radius 2 is 1.75 bits per heavy atom. The number of halogens is 1. The van der Waals surface area contributed by atoms with Gasteiger partial charge in [-0.3, -0.25) is 0 Å². The zero-order valence-electron chi connectivity index (χ0n) is 13.1. The van der Waals surface area contributed by atoms with Gasteiger partial charge in [-0.25, -0.2) is 0 Å². The molecular weight excluding hydrogens is 270 g/mol. The van der Waals surface area contributed by atoms with E-state index in [0.29, 0.717) is 22.6 Å². The minimum atomic E-state index is 0.257. The van der Waals surface area contributed by atoms with Crippen molar-refractivity contribution in [3.8, 4) is 5.75 Å². The molecule has 110 valence electrons. The fourth-order valence-corrected chi connectivity index (χ4v) is 3.33. The van der Waals surface area contributed by atoms with Gasteiger partial charge in [0.1, 0.15) is 5.75 Å². The van der Waals surface area contributed by atoms with E-state index in [4.69, 9.17) is 21.1 Å². The summed E-state index contributed by atoms with van der Waals surface area (Å²) in [4.78, 5) is 0. The lowest BCUT2D eigenvalue weighted by Gasteiger charge is -2.35. The summed E-state index contributed by atoms with van der Waals surface area (Å²) in [6, 6.07) is 5.96. The molecule has 4 heteroatoms. The Hall–Kier alpha value is -0.665. The molecule has 1 heterocycles. The van der Waals surface area contributed by atoms with Crippen LogP contribution in [0.1, 0.15) is 27.7 Å². The van der Waals surface area contributed by atoms with E-state index in [1.165, 1.54) is 18.1 Å². The summed E-state index contributed by atoms with van der Waals surface area (Å²) in [5, 5.41) is 0.705. The van der Waals surface area contributed by atoms with Gasteiger partial charge in [0.05, 0.1) is 0 Å². The van der Waals surface area contributed by atoms with E-state index in [-0.39, 0.29) is 6.79 Å². The van der Waals surface area contributed by atoms with Gasteiger partial charge in [-0.05, 0) is 28.4 Å². The fourth-order valence-electron chi connectivity index (χ4n) is 3.17. The number of benzene rings is 1. The minimum Gasteiger partial charge on any atom is -0.468 e. The van der Waals surface area contributed by atoms with Gasteiger partial charge in [-0.2, -0.15) is 0 Å². The van der Waals surface area contributed by atoms with Crippen LogP contribution >= 0.6 is 11.6 Å². The summed E-state index contributed by atoms with van der Waals surface area (Å²) in [6.45, 7) is 10.2. The Morgan fingerprint density at radius 1 is 1.15 bits per heavy atom. The van der Waals surface area contributed by atoms with Crippen molar-refractivity contribution in [3.05, 3.63) is 23.2 Å². The van der Waals surface area contributed by atoms with E-state index in [1.54, 1.807) is 7.11 Å². The fraction of sp³-hybridized carbons (Fsp3) is 0.625. The Labute approximate surface area is 127 Å². The maximum Gasteiger partial charge on any atom is 0.188 e. The predicted octanol–water partition coefficient (Wildman–Crippen LogP) is 4.09. The van der Waals surface area contributed by atoms with Crippen LogP contribution in [0.5, 0.6) is 5.75 Å². The lowest BCUT2D eigenvalue weighted by atomic mass is 9.42. The van der Waals surface area contributed by atoms with E-state index < -0.39 is 0 Å². The van der Waals surface area contributed by atoms with E-state index in [2.05, 4.69) is 33.8 Å². The molecule has 1 aromatic rings. The van der Waals surface area contributed by atoms with Crippen molar-refractivity contribution in [1.29, 1.82) is 0 Å². The van der Waals surface area contributed by atoms with Crippen molar-refractivity contribution in [2.24, 2.45) is 10.8 Å². The highest BCUT2D eigenvalue weighted by molar-refractivity contribution is 6.75. The molecule has 0 atom stereocenters. The molecule has 0 saturated carbocycles. The molecule has 0 N–H and O–H groups in total. The number of hydrogen-bond donors (Lipinski definition) is 0. The van der Waals surface area contributed by atoms with Crippen LogP contribution in [0.15, 0.2) is 18.2 Å². The molecule has 2 rings (SSSR count). The van der Waals surface area contributed by atoms with Gasteiger partial charge in [0.15, 0.2) is 13.5 Å². The number of rotatable bonds is 4. The molecule has 2 nitrogen and oxygen atoms in total. The summed E-state index contributed by atoms with van der Waals surface area (Å²) in [6.07, 6.45) is 2.34. The Bertz CT molecular complexity index is 469. The van der Waals surface area contributed by atoms with Crippen LogP contribution in [-0.4, -0.2) is 20.6 Å². The van der Waals surface area contributed by atoms with Gasteiger partial charge in [-0.15, -0.1) is 0 Å². The Morgan fingerprint density at radius 3 is 2.30 bits per heavy atom. The van der Waals surface area contributed by atoms with Crippen LogP contribution in [0.4, 0.5) is 0 Å². The SMILES string of the molecule is COCOc1cc(Cl)ccc1B1CC(C)(C)C(C)(C)C1. The molecule has 0 bridgehead atoms. The monoisotopic (exact) mass is 294 g/mol. The molecule has 1 aliphatic heterocycles. The second-order valence-electron chi connectivity index (χ2n) is 7.11. The highest BCUT2D eigenvalue weighted by Gasteiger charge is 2.48. The Balaban J connectivity index is 2.29. The summed E-state index contributed by atoms with van der Waals surface area (Å²) < 4.78 is 10.7. The number of methoxy groups -OCH3 is 1. The van der Waals surface area contributed by atoms with Gasteiger partial charge >= 0.3 is 0 Å². The van der Waals surface area contributed by atoms with E-state index in [9.17, 15) is 0 Å². The maximum atomic E-state index is 6.09. The summed E-state index contributed by atoms with van der Waals surface area (Å²) >= 11 is 6.09. The first-order valence-corrected chi connectivity index (χ1v) is 7.56. The molecule has 1 saturated heterocycles. The van der Waals surface area contributed by atoms with Gasteiger partial charge in [-0.1, -0.05) is 58.0 Å². The molecule has 0 radical (unpaired) electrons. The average Bonchev–Trinajstić information content (AvgIpc) is 2.55. The highest BCUT2D eigenvalue weighted by atomic mass is 35.5. The van der Waals surface area contributed by atoms with Crippen molar-refractivity contribution >= 4 is 23.8 Å². The molecule has 1 fully saturated rings. The van der Waals surface area contributed by atoms with Crippen LogP contribution in [0, 0.1) is 10.8 Å². The van der Waals surface area contributed by atoms with E-state index in [0.717, 1.165) is 5.75 Å². The minimum absolute atomic E-state index is 0.257. The summed E-state index contributed by atoms with van der Waals surface area (Å²) in [5.41, 5.74) is 1.91. The van der Waals surface area contributed by atoms with Crippen LogP contribution in [0.25, 0.3) is 0 Å². The first-order valence-electron chi connectivity index (χ1n) is 7.18. The first kappa shape index (κ1) is 15.7. The quantitative estimate of drug-likeness (QED) is 0.615. The van der Waals surface area contributed by atoms with Gasteiger partial charge < -0.3 is 9.47 Å². The number of ether oxygens (including phenoxy) is 2. The third kappa shape index (κ3) is 2.99. The smallest absolute Gasteiger partial charge is 0.188 e. The van der Waals surface area contributed by atoms with Crippen LogP contribution in [-0.2, 0) is 4.74 Å². The maximum absolute atomic E-state index is 6.09. The van der Waals surface area contributed by atoms with Crippen molar-refractivity contribution in [1.82, 2.24) is 0 Å². The molecular formula is C16H24BClO2. The van der Waals surface area contributed by atoms with Crippen molar-refractivity contribution in [3.63, 3.8) is 0 Å². The standard InChI is InChI=1S/C16H24BClO2/c1-15(2)9-17(10-16(15,3)4)13-7-6-12(18)8-14(13)20-11-19-5/h6-8H,9-11H2,1-5H3. The third-order valence-corrected chi connectivity index (χ3v) is 5.33. The molecule has 0 unspecified atom stereocenters. The lowest BCUT2D eigenvalue weighted by molar-refractivity contribution is 0.0518. The highest BCUT2D eigenvalue weighted by Crippen LogP contribution is 2.52. The second kappa shape index (κ2) is 5.61. The lowest BCUT2D eigenvalue weighted by Crippen LogP contribution is -2.30. The molecule has 0 aromatic heterocycles. The summed E-state index contributed by atoms with van der Waals surface area (Å²) in [7, 11) is 1.63. The average molecular weight is 295 g/mol. The van der Waals surface area contributed by atoms with Gasteiger partial charge in [0.2, 0.25) is 0 Å². The zero-order chi connectivity index (χ0) is 15.0. The van der Waals surface area contributed by atoms with Crippen LogP contribution in [0.3, 0.4) is 0 Å². The van der Waals surface area contributed by atoms with Crippen LogP contribution in [0.2, 0.25) is 17.7 Å². The van der Waals surface area contributed by atoms with E-state index >= 15 is 0 Å². The summed E-state index contributed by atoms with van der Waals surface area (Å²) in [5.74, 6) is 0.859. The van der Waals surface area contributed by atoms with Gasteiger partial charge in [0, 0.05) is 12.1 Å². The first-order chi connectivity index (χ1) is 9.27. The molecule has 20 heavy (non-hydrogen) atoms. The van der Waals surface area contributed by atoms with E-state index in [1.807, 2.05) is 12.1 Å². The molecule has 1 aromatic carbocycles. The van der Waals surface area contributed by atoms with Crippen molar-refractivity contribution < 1.29 is 9.47 Å². The Kier molecular flexibility index (Phi) is 4.41. The molecule has 0 aliphatic carbocycles. The number of hydrogen-bond acceptors (Lipinski definition) is 2. The topological polar surface area (TPSA) is 18.5 Å². The largest absolute Gasteiger partial charge is 0.468 e. The normalized spacial score (nSPS) is 20.2. The second-order valence-corrected chi connectivity index (χ2v) is 7.54. The molecule has 0 spiro atoms. The van der Waals surface area contributed by atoms with Crippen molar-refractivity contribution in [2.75, 3.05) is 13.9 Å². The van der Waals surface area contributed by atoms with Crippen molar-refractivity contribution in [2.45, 2.75) is 40.3 Å². The molecule has 0 amide bonds. The third-order valence-electron chi connectivity index (χ3n) is 5.09. The predicted molar refractivity (Wildman–Crippen MR) is 86.5 cm³/mol. The zero-order valence-corrected chi connectivity index (χ0v) is 13.9. The molecule has 1 aliphatic rings. The van der Waals surface area contributed by atoms with Gasteiger partial charge in [0.25, 0.3) is 0 Å².